The quantitative estimate of drug-likeness (QED) is 0.362. The molecule has 0 aromatic heterocycles. The number of halogens is 1. The average molecular weight is 480 g/mol. The minimum Gasteiger partial charge on any atom is -0.298 e. The van der Waals surface area contributed by atoms with Gasteiger partial charge in [-0.25, -0.2) is 0 Å². The van der Waals surface area contributed by atoms with Crippen LogP contribution in [0.4, 0.5) is 0 Å². The number of ketones is 1. The summed E-state index contributed by atoms with van der Waals surface area (Å²) in [5.41, 5.74) is 0.932. The van der Waals surface area contributed by atoms with Gasteiger partial charge in [-0.05, 0) is 104 Å². The molecule has 172 valence electrons. The lowest BCUT2D eigenvalue weighted by molar-refractivity contribution is -0.144. The van der Waals surface area contributed by atoms with Crippen molar-refractivity contribution in [3.63, 3.8) is 0 Å². The van der Waals surface area contributed by atoms with Crippen LogP contribution in [0.15, 0.2) is 0 Å². The van der Waals surface area contributed by atoms with Crippen LogP contribution in [0, 0.1) is 52.3 Å². The van der Waals surface area contributed by atoms with Gasteiger partial charge in [-0.1, -0.05) is 69.8 Å². The monoisotopic (exact) mass is 478 g/mol. The summed E-state index contributed by atoms with van der Waals surface area (Å²) < 4.78 is -0.288. The zero-order valence-corrected chi connectivity index (χ0v) is 22.2. The highest BCUT2D eigenvalue weighted by Crippen LogP contribution is 2.69. The molecule has 0 N–H and O–H groups in total. The van der Waals surface area contributed by atoms with E-state index in [1.165, 1.54) is 57.8 Å². The Hall–Kier alpha value is 0.150. The third kappa shape index (κ3) is 3.77. The van der Waals surface area contributed by atoms with Gasteiger partial charge < -0.3 is 0 Å². The van der Waals surface area contributed by atoms with E-state index in [4.69, 9.17) is 0 Å². The van der Waals surface area contributed by atoms with Gasteiger partial charge in [-0.3, -0.25) is 4.79 Å². The van der Waals surface area contributed by atoms with Gasteiger partial charge in [0, 0.05) is 6.42 Å². The molecule has 4 aliphatic carbocycles. The standard InChI is InChI=1S/C28H47BrO/c1-18(2)8-7-9-19(3)22-12-13-23-21-11-10-20-16-25(30)28(6,29)17-27(20,5)24(21)14-15-26(22,23)4/h18-24H,7-17H2,1-6H3/t19-,20?,21+,22-,23+,24+,26-,27+,28?/m1/s1. The Kier molecular flexibility index (Phi) is 6.35. The lowest BCUT2D eigenvalue weighted by atomic mass is 9.43. The van der Waals surface area contributed by atoms with Gasteiger partial charge in [-0.15, -0.1) is 0 Å². The molecule has 0 heterocycles. The fourth-order valence-corrected chi connectivity index (χ4v) is 10.2. The van der Waals surface area contributed by atoms with Crippen molar-refractivity contribution in [2.45, 2.75) is 116 Å². The normalized spacial score (nSPS) is 49.5. The van der Waals surface area contributed by atoms with Crippen LogP contribution in [-0.4, -0.2) is 10.1 Å². The molecule has 0 aromatic carbocycles. The van der Waals surface area contributed by atoms with Gasteiger partial charge in [0.25, 0.3) is 0 Å². The zero-order chi connectivity index (χ0) is 21.9. The minimum atomic E-state index is -0.288. The molecule has 9 atom stereocenters. The maximum atomic E-state index is 12.7. The summed E-state index contributed by atoms with van der Waals surface area (Å²) in [5, 5.41) is 0. The molecule has 0 radical (unpaired) electrons. The molecule has 0 bridgehead atoms. The van der Waals surface area contributed by atoms with Crippen molar-refractivity contribution in [2.75, 3.05) is 0 Å². The maximum Gasteiger partial charge on any atom is 0.149 e. The van der Waals surface area contributed by atoms with E-state index < -0.39 is 0 Å². The molecular formula is C28H47BrO. The molecule has 4 aliphatic rings. The molecule has 4 fully saturated rings. The second-order valence-corrected chi connectivity index (χ2v) is 14.9. The molecular weight excluding hydrogens is 432 g/mol. The van der Waals surface area contributed by atoms with Crippen molar-refractivity contribution < 1.29 is 4.79 Å². The highest BCUT2D eigenvalue weighted by Gasteiger charge is 2.62. The molecule has 2 heteroatoms. The van der Waals surface area contributed by atoms with Crippen LogP contribution in [0.1, 0.15) is 112 Å². The highest BCUT2D eigenvalue weighted by molar-refractivity contribution is 9.10. The van der Waals surface area contributed by atoms with Crippen LogP contribution in [0.3, 0.4) is 0 Å². The number of alkyl halides is 1. The third-order valence-electron chi connectivity index (χ3n) is 11.0. The van der Waals surface area contributed by atoms with E-state index in [0.717, 1.165) is 48.3 Å². The van der Waals surface area contributed by atoms with Crippen molar-refractivity contribution in [2.24, 2.45) is 52.3 Å². The lowest BCUT2D eigenvalue weighted by Gasteiger charge is -2.62. The summed E-state index contributed by atoms with van der Waals surface area (Å²) >= 11 is 3.85. The van der Waals surface area contributed by atoms with Gasteiger partial charge in [-0.2, -0.15) is 0 Å². The Morgan fingerprint density at radius 2 is 1.63 bits per heavy atom. The molecule has 1 nitrogen and oxygen atoms in total. The highest BCUT2D eigenvalue weighted by atomic mass is 79.9. The van der Waals surface area contributed by atoms with E-state index in [-0.39, 0.29) is 4.32 Å². The lowest BCUT2D eigenvalue weighted by Crippen LogP contribution is -2.57. The first kappa shape index (κ1) is 23.3. The first-order valence-electron chi connectivity index (χ1n) is 13.2. The Bertz CT molecular complexity index is 653. The number of fused-ring (bicyclic) bond motifs is 5. The fourth-order valence-electron chi connectivity index (χ4n) is 9.42. The van der Waals surface area contributed by atoms with Gasteiger partial charge in [0.15, 0.2) is 0 Å². The number of hydrogen-bond donors (Lipinski definition) is 0. The molecule has 0 saturated heterocycles. The van der Waals surface area contributed by atoms with Crippen LogP contribution >= 0.6 is 15.9 Å². The molecule has 4 rings (SSSR count). The summed E-state index contributed by atoms with van der Waals surface area (Å²) in [6.45, 7) is 14.7. The van der Waals surface area contributed by atoms with E-state index in [1.54, 1.807) is 0 Å². The summed E-state index contributed by atoms with van der Waals surface area (Å²) in [6, 6.07) is 0. The second-order valence-electron chi connectivity index (χ2n) is 13.2. The zero-order valence-electron chi connectivity index (χ0n) is 20.6. The van der Waals surface area contributed by atoms with Crippen LogP contribution in [0.2, 0.25) is 0 Å². The van der Waals surface area contributed by atoms with Crippen molar-refractivity contribution in [3.8, 4) is 0 Å². The number of rotatable bonds is 5. The summed E-state index contributed by atoms with van der Waals surface area (Å²) in [5.74, 6) is 6.46. The molecule has 2 unspecified atom stereocenters. The van der Waals surface area contributed by atoms with E-state index >= 15 is 0 Å². The fraction of sp³-hybridized carbons (Fsp3) is 0.964. The van der Waals surface area contributed by atoms with Gasteiger partial charge in [0.2, 0.25) is 0 Å². The smallest absolute Gasteiger partial charge is 0.149 e. The molecule has 0 aliphatic heterocycles. The Balaban J connectivity index is 1.50. The third-order valence-corrected chi connectivity index (χ3v) is 11.7. The van der Waals surface area contributed by atoms with Crippen molar-refractivity contribution in [1.29, 1.82) is 0 Å². The Labute approximate surface area is 195 Å². The SMILES string of the molecule is CC(C)CCC[C@@H](C)[C@H]1CC[C@H]2[C@@H]3CCC4CC(=O)C(C)(Br)C[C@]4(C)[C@H]3CC[C@]12C. The molecule has 0 aromatic rings. The molecule has 4 saturated carbocycles. The van der Waals surface area contributed by atoms with Gasteiger partial charge >= 0.3 is 0 Å². The number of hydrogen-bond acceptors (Lipinski definition) is 1. The van der Waals surface area contributed by atoms with E-state index in [2.05, 4.69) is 57.5 Å². The maximum absolute atomic E-state index is 12.7. The summed E-state index contributed by atoms with van der Waals surface area (Å²) in [4.78, 5) is 12.7. The van der Waals surface area contributed by atoms with Crippen molar-refractivity contribution in [1.82, 2.24) is 0 Å². The van der Waals surface area contributed by atoms with Crippen molar-refractivity contribution in [3.05, 3.63) is 0 Å². The topological polar surface area (TPSA) is 17.1 Å². The molecule has 30 heavy (non-hydrogen) atoms. The molecule has 0 spiro atoms. The first-order chi connectivity index (χ1) is 14.0. The first-order valence-corrected chi connectivity index (χ1v) is 14.0. The van der Waals surface area contributed by atoms with Crippen LogP contribution in [0.25, 0.3) is 0 Å². The summed E-state index contributed by atoms with van der Waals surface area (Å²) in [6.07, 6.45) is 14.6. The second kappa shape index (κ2) is 8.18. The summed E-state index contributed by atoms with van der Waals surface area (Å²) in [7, 11) is 0. The van der Waals surface area contributed by atoms with Crippen LogP contribution in [-0.2, 0) is 4.79 Å². The van der Waals surface area contributed by atoms with E-state index in [1.807, 2.05) is 0 Å². The Morgan fingerprint density at radius 3 is 2.33 bits per heavy atom. The van der Waals surface area contributed by atoms with E-state index in [9.17, 15) is 4.79 Å². The predicted molar refractivity (Wildman–Crippen MR) is 131 cm³/mol. The molecule has 0 amide bonds. The van der Waals surface area contributed by atoms with E-state index in [0.29, 0.717) is 22.5 Å². The number of carbonyl (C=O) groups excluding carboxylic acids is 1. The average Bonchev–Trinajstić information content (AvgIpc) is 2.99. The van der Waals surface area contributed by atoms with Gasteiger partial charge in [0.05, 0.1) is 4.32 Å². The van der Waals surface area contributed by atoms with Gasteiger partial charge in [0.1, 0.15) is 5.78 Å². The van der Waals surface area contributed by atoms with Crippen LogP contribution in [0.5, 0.6) is 0 Å². The number of carbonyl (C=O) groups is 1. The predicted octanol–water partition coefficient (Wildman–Crippen LogP) is 8.44. The largest absolute Gasteiger partial charge is 0.298 e. The Morgan fingerprint density at radius 1 is 0.933 bits per heavy atom. The van der Waals surface area contributed by atoms with Crippen LogP contribution < -0.4 is 0 Å². The number of Topliss-reactive ketones (excluding diaryl/α,β-unsaturated/α-hetero) is 1. The van der Waals surface area contributed by atoms with Crippen molar-refractivity contribution >= 4 is 21.7 Å². The minimum absolute atomic E-state index is 0.288.